The number of nitrogens with zero attached hydrogens (tertiary/aromatic N) is 1. The molecular weight excluding hydrogens is 322 g/mol. The van der Waals surface area contributed by atoms with Crippen LogP contribution >= 0.6 is 11.3 Å². The van der Waals surface area contributed by atoms with Crippen LogP contribution in [0.2, 0.25) is 0 Å². The molecular formula is C18H17N3O2S. The Morgan fingerprint density at radius 1 is 1.17 bits per heavy atom. The van der Waals surface area contributed by atoms with Crippen molar-refractivity contribution in [2.75, 3.05) is 5.32 Å². The van der Waals surface area contributed by atoms with Gasteiger partial charge in [-0.15, -0.1) is 11.3 Å². The number of hydrogen-bond acceptors (Lipinski definition) is 4. The summed E-state index contributed by atoms with van der Waals surface area (Å²) in [4.78, 5) is 29.1. The Balaban J connectivity index is 1.77. The van der Waals surface area contributed by atoms with Crippen LogP contribution in [0.5, 0.6) is 0 Å². The summed E-state index contributed by atoms with van der Waals surface area (Å²) < 4.78 is 0. The van der Waals surface area contributed by atoms with E-state index in [0.717, 1.165) is 21.5 Å². The van der Waals surface area contributed by atoms with E-state index < -0.39 is 0 Å². The molecule has 6 heteroatoms. The van der Waals surface area contributed by atoms with Gasteiger partial charge in [0.05, 0.1) is 23.7 Å². The number of carbonyl (C=O) groups is 2. The fourth-order valence-electron chi connectivity index (χ4n) is 2.56. The number of thiophene rings is 1. The molecule has 122 valence electrons. The van der Waals surface area contributed by atoms with Crippen LogP contribution in [0.1, 0.15) is 24.3 Å². The Morgan fingerprint density at radius 2 is 2.04 bits per heavy atom. The molecule has 0 aliphatic carbocycles. The number of carbonyl (C=O) groups excluding carboxylic acids is 2. The molecule has 0 aliphatic heterocycles. The maximum absolute atomic E-state index is 12.5. The smallest absolute Gasteiger partial charge is 0.226 e. The molecule has 0 radical (unpaired) electrons. The average Bonchev–Trinajstić information content (AvgIpc) is 3.08. The van der Waals surface area contributed by atoms with Crippen molar-refractivity contribution in [2.24, 2.45) is 0 Å². The van der Waals surface area contributed by atoms with Crippen LogP contribution in [0.15, 0.2) is 54.0 Å². The van der Waals surface area contributed by atoms with Crippen molar-refractivity contribution < 1.29 is 9.59 Å². The molecule has 1 aromatic carbocycles. The van der Waals surface area contributed by atoms with Gasteiger partial charge in [0.1, 0.15) is 0 Å². The summed E-state index contributed by atoms with van der Waals surface area (Å²) in [6.07, 6.45) is 1.90. The minimum absolute atomic E-state index is 0.154. The number of amides is 2. The largest absolute Gasteiger partial charge is 0.348 e. The fraction of sp³-hybridized carbons (Fsp3) is 0.167. The molecule has 2 N–H and O–H groups in total. The van der Waals surface area contributed by atoms with Crippen LogP contribution in [-0.4, -0.2) is 16.8 Å². The number of fused-ring (bicyclic) bond motifs is 1. The fourth-order valence-corrected chi connectivity index (χ4v) is 3.33. The van der Waals surface area contributed by atoms with E-state index in [0.29, 0.717) is 0 Å². The number of hydrogen-bond donors (Lipinski definition) is 2. The van der Waals surface area contributed by atoms with E-state index in [-0.39, 0.29) is 24.3 Å². The Labute approximate surface area is 143 Å². The lowest BCUT2D eigenvalue weighted by molar-refractivity contribution is -0.120. The molecule has 3 aromatic rings. The molecule has 0 saturated carbocycles. The molecule has 0 unspecified atom stereocenters. The second-order valence-electron chi connectivity index (χ2n) is 5.40. The van der Waals surface area contributed by atoms with Crippen molar-refractivity contribution in [2.45, 2.75) is 19.4 Å². The summed E-state index contributed by atoms with van der Waals surface area (Å²) in [5.41, 5.74) is 1.55. The van der Waals surface area contributed by atoms with Crippen molar-refractivity contribution >= 4 is 39.7 Å². The summed E-state index contributed by atoms with van der Waals surface area (Å²) >= 11 is 1.52. The first-order chi connectivity index (χ1) is 11.6. The molecule has 0 saturated heterocycles. The highest BCUT2D eigenvalue weighted by molar-refractivity contribution is 7.10. The molecule has 5 nitrogen and oxygen atoms in total. The third-order valence-electron chi connectivity index (χ3n) is 3.57. The number of benzene rings is 1. The second kappa shape index (κ2) is 7.23. The van der Waals surface area contributed by atoms with Crippen molar-refractivity contribution in [1.82, 2.24) is 10.3 Å². The minimum atomic E-state index is -0.324. The van der Waals surface area contributed by atoms with Crippen LogP contribution in [0.4, 0.5) is 5.69 Å². The number of rotatable bonds is 5. The topological polar surface area (TPSA) is 71.1 Å². The van der Waals surface area contributed by atoms with E-state index in [4.69, 9.17) is 0 Å². The standard InChI is InChI=1S/C18H17N3O2S/c1-12(22)20-16(17-8-4-10-24-17)11-18(23)21-15-7-2-6-14-13(15)5-3-9-19-14/h2-10,16H,11H2,1H3,(H,20,22)(H,21,23)/t16-/m0/s1. The third-order valence-corrected chi connectivity index (χ3v) is 4.56. The lowest BCUT2D eigenvalue weighted by atomic mass is 10.1. The van der Waals surface area contributed by atoms with Crippen molar-refractivity contribution in [1.29, 1.82) is 0 Å². The van der Waals surface area contributed by atoms with Crippen LogP contribution in [0.25, 0.3) is 10.9 Å². The van der Waals surface area contributed by atoms with Gasteiger partial charge in [-0.25, -0.2) is 0 Å². The minimum Gasteiger partial charge on any atom is -0.348 e. The van der Waals surface area contributed by atoms with E-state index in [1.807, 2.05) is 47.8 Å². The summed E-state index contributed by atoms with van der Waals surface area (Å²) in [6, 6.07) is 12.9. The monoisotopic (exact) mass is 339 g/mol. The predicted molar refractivity (Wildman–Crippen MR) is 95.9 cm³/mol. The van der Waals surface area contributed by atoms with Gasteiger partial charge in [-0.3, -0.25) is 14.6 Å². The summed E-state index contributed by atoms with van der Waals surface area (Å²) in [7, 11) is 0. The van der Waals surface area contributed by atoms with Gasteiger partial charge in [0, 0.05) is 23.4 Å². The molecule has 3 rings (SSSR count). The first-order valence-electron chi connectivity index (χ1n) is 7.57. The highest BCUT2D eigenvalue weighted by Gasteiger charge is 2.18. The molecule has 2 aromatic heterocycles. The highest BCUT2D eigenvalue weighted by Crippen LogP contribution is 2.25. The Hall–Kier alpha value is -2.73. The molecule has 0 fully saturated rings. The van der Waals surface area contributed by atoms with Gasteiger partial charge < -0.3 is 10.6 Å². The first kappa shape index (κ1) is 16.1. The Morgan fingerprint density at radius 3 is 2.79 bits per heavy atom. The summed E-state index contributed by atoms with van der Waals surface area (Å²) in [5, 5.41) is 8.58. The molecule has 2 amide bonds. The summed E-state index contributed by atoms with van der Waals surface area (Å²) in [5.74, 6) is -0.311. The molecule has 1 atom stereocenters. The van der Waals surface area contributed by atoms with E-state index in [1.54, 1.807) is 6.20 Å². The predicted octanol–water partition coefficient (Wildman–Crippen LogP) is 3.50. The van der Waals surface area contributed by atoms with Crippen LogP contribution in [-0.2, 0) is 9.59 Å². The molecule has 0 spiro atoms. The van der Waals surface area contributed by atoms with E-state index in [9.17, 15) is 9.59 Å². The van der Waals surface area contributed by atoms with Gasteiger partial charge in [-0.2, -0.15) is 0 Å². The molecule has 2 heterocycles. The maximum atomic E-state index is 12.5. The van der Waals surface area contributed by atoms with Gasteiger partial charge >= 0.3 is 0 Å². The zero-order valence-electron chi connectivity index (χ0n) is 13.2. The first-order valence-corrected chi connectivity index (χ1v) is 8.45. The normalized spacial score (nSPS) is 11.9. The Bertz CT molecular complexity index is 856. The van der Waals surface area contributed by atoms with E-state index in [2.05, 4.69) is 15.6 Å². The zero-order chi connectivity index (χ0) is 16.9. The summed E-state index contributed by atoms with van der Waals surface area (Å²) in [6.45, 7) is 1.45. The van der Waals surface area contributed by atoms with Gasteiger partial charge in [0.15, 0.2) is 0 Å². The second-order valence-corrected chi connectivity index (χ2v) is 6.38. The van der Waals surface area contributed by atoms with E-state index in [1.165, 1.54) is 18.3 Å². The van der Waals surface area contributed by atoms with E-state index >= 15 is 0 Å². The quantitative estimate of drug-likeness (QED) is 0.747. The van der Waals surface area contributed by atoms with Crippen molar-refractivity contribution in [3.8, 4) is 0 Å². The molecule has 24 heavy (non-hydrogen) atoms. The SMILES string of the molecule is CC(=O)N[C@@H](CC(=O)Nc1cccc2ncccc12)c1cccs1. The molecule has 0 bridgehead atoms. The maximum Gasteiger partial charge on any atom is 0.226 e. The van der Waals surface area contributed by atoms with Crippen LogP contribution < -0.4 is 10.6 Å². The number of pyridine rings is 1. The van der Waals surface area contributed by atoms with Gasteiger partial charge in [0.2, 0.25) is 11.8 Å². The highest BCUT2D eigenvalue weighted by atomic mass is 32.1. The van der Waals surface area contributed by atoms with Crippen molar-refractivity contribution in [3.05, 3.63) is 58.9 Å². The number of nitrogens with one attached hydrogen (secondary N) is 2. The lowest BCUT2D eigenvalue weighted by Gasteiger charge is -2.16. The van der Waals surface area contributed by atoms with Gasteiger partial charge in [0.25, 0.3) is 0 Å². The third kappa shape index (κ3) is 3.78. The van der Waals surface area contributed by atoms with Gasteiger partial charge in [-0.1, -0.05) is 12.1 Å². The number of anilines is 1. The molecule has 0 aliphatic rings. The average molecular weight is 339 g/mol. The van der Waals surface area contributed by atoms with Crippen molar-refractivity contribution in [3.63, 3.8) is 0 Å². The van der Waals surface area contributed by atoms with Crippen LogP contribution in [0.3, 0.4) is 0 Å². The zero-order valence-corrected chi connectivity index (χ0v) is 14.0. The number of aromatic nitrogens is 1. The van der Waals surface area contributed by atoms with Crippen LogP contribution in [0, 0.1) is 0 Å². The lowest BCUT2D eigenvalue weighted by Crippen LogP contribution is -2.29. The van der Waals surface area contributed by atoms with Gasteiger partial charge in [-0.05, 0) is 35.7 Å². The Kier molecular flexibility index (Phi) is 4.86.